The Hall–Kier alpha value is -0.160. The Morgan fingerprint density at radius 3 is 1.35 bits per heavy atom. The minimum absolute atomic E-state index is 0.761. The van der Waals surface area contributed by atoms with E-state index in [0.29, 0.717) is 0 Å². The zero-order valence-corrected chi connectivity index (χ0v) is 16.7. The molecule has 140 valence electrons. The average molecular weight is 329 g/mol. The van der Waals surface area contributed by atoms with E-state index < -0.39 is 0 Å². The van der Waals surface area contributed by atoms with Crippen LogP contribution in [0.3, 0.4) is 0 Å². The Labute approximate surface area is 146 Å². The van der Waals surface area contributed by atoms with Crippen LogP contribution in [-0.4, -0.2) is 75.2 Å². The number of nitrogens with zero attached hydrogens (tertiary/aromatic N) is 2. The van der Waals surface area contributed by atoms with Gasteiger partial charge >= 0.3 is 0 Å². The average Bonchev–Trinajstić information content (AvgIpc) is 2.59. The highest BCUT2D eigenvalue weighted by Gasteiger charge is 2.06. The van der Waals surface area contributed by atoms with E-state index in [1.165, 1.54) is 58.5 Å². The highest BCUT2D eigenvalue weighted by Crippen LogP contribution is 1.99. The minimum Gasteiger partial charge on any atom is -0.316 e. The standard InChI is InChI=1S/C19H44N4/c1-6-19(17-20-13-11-15-22(7-2)8-3)18-21-14-12-16-23(9-4)10-5/h19-21H,6-18H2,1-5H3. The number of hydrogen-bond donors (Lipinski definition) is 2. The number of nitrogens with one attached hydrogen (secondary N) is 2. The van der Waals surface area contributed by atoms with Gasteiger partial charge in [-0.1, -0.05) is 41.0 Å². The predicted octanol–water partition coefficient (Wildman–Crippen LogP) is 2.66. The van der Waals surface area contributed by atoms with Crippen LogP contribution in [0.5, 0.6) is 0 Å². The fourth-order valence-corrected chi connectivity index (χ4v) is 2.91. The molecule has 0 radical (unpaired) electrons. The van der Waals surface area contributed by atoms with E-state index in [0.717, 1.165) is 32.1 Å². The van der Waals surface area contributed by atoms with Crippen molar-refractivity contribution in [3.63, 3.8) is 0 Å². The summed E-state index contributed by atoms with van der Waals surface area (Å²) in [5, 5.41) is 7.28. The van der Waals surface area contributed by atoms with E-state index in [4.69, 9.17) is 0 Å². The van der Waals surface area contributed by atoms with Crippen molar-refractivity contribution in [1.29, 1.82) is 0 Å². The van der Waals surface area contributed by atoms with Crippen molar-refractivity contribution in [1.82, 2.24) is 20.4 Å². The van der Waals surface area contributed by atoms with Crippen molar-refractivity contribution in [3.05, 3.63) is 0 Å². The van der Waals surface area contributed by atoms with Gasteiger partial charge in [-0.05, 0) is 84.2 Å². The fraction of sp³-hybridized carbons (Fsp3) is 1.00. The minimum atomic E-state index is 0.761. The second-order valence-electron chi connectivity index (χ2n) is 6.44. The summed E-state index contributed by atoms with van der Waals surface area (Å²) in [6.07, 6.45) is 3.77. The molecule has 0 atom stereocenters. The molecule has 0 rings (SSSR count). The van der Waals surface area contributed by atoms with Crippen LogP contribution < -0.4 is 10.6 Å². The summed E-state index contributed by atoms with van der Waals surface area (Å²) in [7, 11) is 0. The van der Waals surface area contributed by atoms with E-state index in [9.17, 15) is 0 Å². The van der Waals surface area contributed by atoms with E-state index in [2.05, 4.69) is 55.1 Å². The normalized spacial score (nSPS) is 12.0. The maximum absolute atomic E-state index is 3.64. The lowest BCUT2D eigenvalue weighted by molar-refractivity contribution is 0.293. The van der Waals surface area contributed by atoms with Gasteiger partial charge in [-0.15, -0.1) is 0 Å². The van der Waals surface area contributed by atoms with Gasteiger partial charge in [-0.2, -0.15) is 0 Å². The summed E-state index contributed by atoms with van der Waals surface area (Å²) in [6.45, 7) is 23.0. The zero-order chi connectivity index (χ0) is 17.3. The second-order valence-corrected chi connectivity index (χ2v) is 6.44. The van der Waals surface area contributed by atoms with Crippen molar-refractivity contribution in [2.24, 2.45) is 5.92 Å². The lowest BCUT2D eigenvalue weighted by Gasteiger charge is -2.20. The Morgan fingerprint density at radius 1 is 0.652 bits per heavy atom. The molecule has 0 bridgehead atoms. The first-order valence-corrected chi connectivity index (χ1v) is 10.1. The van der Waals surface area contributed by atoms with Crippen LogP contribution in [0.1, 0.15) is 53.9 Å². The summed E-state index contributed by atoms with van der Waals surface area (Å²) < 4.78 is 0. The van der Waals surface area contributed by atoms with Crippen LogP contribution in [0.4, 0.5) is 0 Å². The molecule has 2 N–H and O–H groups in total. The summed E-state index contributed by atoms with van der Waals surface area (Å²) in [5.41, 5.74) is 0. The first-order chi connectivity index (χ1) is 11.2. The van der Waals surface area contributed by atoms with E-state index in [1.807, 2.05) is 0 Å². The first-order valence-electron chi connectivity index (χ1n) is 10.1. The molecule has 0 heterocycles. The molecular weight excluding hydrogens is 284 g/mol. The maximum Gasteiger partial charge on any atom is -0.000687 e. The first kappa shape index (κ1) is 22.8. The van der Waals surface area contributed by atoms with Crippen LogP contribution in [0.2, 0.25) is 0 Å². The Morgan fingerprint density at radius 2 is 1.04 bits per heavy atom. The third-order valence-electron chi connectivity index (χ3n) is 4.89. The Kier molecular flexibility index (Phi) is 16.6. The van der Waals surface area contributed by atoms with Crippen LogP contribution in [0, 0.1) is 5.92 Å². The molecule has 23 heavy (non-hydrogen) atoms. The molecule has 0 unspecified atom stereocenters. The molecule has 0 saturated heterocycles. The van der Waals surface area contributed by atoms with E-state index >= 15 is 0 Å². The summed E-state index contributed by atoms with van der Waals surface area (Å²) >= 11 is 0. The molecule has 0 aromatic heterocycles. The molecule has 0 amide bonds. The lowest BCUT2D eigenvalue weighted by Crippen LogP contribution is -2.34. The molecule has 0 saturated carbocycles. The highest BCUT2D eigenvalue weighted by atomic mass is 15.1. The molecule has 0 fully saturated rings. The van der Waals surface area contributed by atoms with E-state index in [-0.39, 0.29) is 0 Å². The fourth-order valence-electron chi connectivity index (χ4n) is 2.91. The monoisotopic (exact) mass is 328 g/mol. The lowest BCUT2D eigenvalue weighted by atomic mass is 10.1. The van der Waals surface area contributed by atoms with Gasteiger partial charge in [-0.3, -0.25) is 0 Å². The predicted molar refractivity (Wildman–Crippen MR) is 104 cm³/mol. The van der Waals surface area contributed by atoms with Crippen molar-refractivity contribution in [2.75, 3.05) is 65.4 Å². The summed E-state index contributed by atoms with van der Waals surface area (Å²) in [4.78, 5) is 4.99. The zero-order valence-electron chi connectivity index (χ0n) is 16.7. The van der Waals surface area contributed by atoms with Gasteiger partial charge in [0.2, 0.25) is 0 Å². The molecule has 0 aromatic rings. The van der Waals surface area contributed by atoms with Crippen LogP contribution in [0.15, 0.2) is 0 Å². The van der Waals surface area contributed by atoms with Gasteiger partial charge in [0.15, 0.2) is 0 Å². The Bertz CT molecular complexity index is 205. The number of hydrogen-bond acceptors (Lipinski definition) is 4. The van der Waals surface area contributed by atoms with Crippen molar-refractivity contribution in [2.45, 2.75) is 53.9 Å². The molecular formula is C19H44N4. The topological polar surface area (TPSA) is 30.5 Å². The molecule has 0 aliphatic heterocycles. The quantitative estimate of drug-likeness (QED) is 0.402. The van der Waals surface area contributed by atoms with Crippen molar-refractivity contribution in [3.8, 4) is 0 Å². The molecule has 4 heteroatoms. The van der Waals surface area contributed by atoms with Crippen LogP contribution >= 0.6 is 0 Å². The smallest absolute Gasteiger partial charge is 0.000687 e. The van der Waals surface area contributed by atoms with E-state index in [1.54, 1.807) is 0 Å². The largest absolute Gasteiger partial charge is 0.316 e. The van der Waals surface area contributed by atoms with Gasteiger partial charge in [0.1, 0.15) is 0 Å². The van der Waals surface area contributed by atoms with Crippen LogP contribution in [-0.2, 0) is 0 Å². The van der Waals surface area contributed by atoms with Gasteiger partial charge in [0, 0.05) is 0 Å². The van der Waals surface area contributed by atoms with Gasteiger partial charge in [0.05, 0.1) is 0 Å². The van der Waals surface area contributed by atoms with Crippen molar-refractivity contribution < 1.29 is 0 Å². The molecule has 0 aliphatic rings. The molecule has 0 aliphatic carbocycles. The summed E-state index contributed by atoms with van der Waals surface area (Å²) in [6, 6.07) is 0. The maximum atomic E-state index is 3.64. The third-order valence-corrected chi connectivity index (χ3v) is 4.89. The molecule has 0 spiro atoms. The SMILES string of the molecule is CCC(CNCCCN(CC)CC)CNCCCN(CC)CC. The molecule has 4 nitrogen and oxygen atoms in total. The van der Waals surface area contributed by atoms with Crippen molar-refractivity contribution >= 4 is 0 Å². The molecule has 0 aromatic carbocycles. The van der Waals surface area contributed by atoms with Gasteiger partial charge in [-0.25, -0.2) is 0 Å². The van der Waals surface area contributed by atoms with Gasteiger partial charge in [0.25, 0.3) is 0 Å². The summed E-state index contributed by atoms with van der Waals surface area (Å²) in [5.74, 6) is 0.761. The highest BCUT2D eigenvalue weighted by molar-refractivity contribution is 4.65. The Balaban J connectivity index is 3.55. The second kappa shape index (κ2) is 16.7. The van der Waals surface area contributed by atoms with Crippen LogP contribution in [0.25, 0.3) is 0 Å². The number of rotatable bonds is 17. The van der Waals surface area contributed by atoms with Gasteiger partial charge < -0.3 is 20.4 Å². The third kappa shape index (κ3) is 12.9.